The summed E-state index contributed by atoms with van der Waals surface area (Å²) in [6.45, 7) is 9.19. The van der Waals surface area contributed by atoms with Crippen LogP contribution in [-0.4, -0.2) is 16.3 Å². The molecule has 1 nitrogen and oxygen atoms in total. The Hall–Kier alpha value is -1.84. The molecule has 3 aromatic rings. The zero-order valence-corrected chi connectivity index (χ0v) is 24.8. The third-order valence-corrected chi connectivity index (χ3v) is 8.78. The summed E-state index contributed by atoms with van der Waals surface area (Å²) in [5.74, 6) is 0.982. The topological polar surface area (TPSA) is 9.23 Å². The van der Waals surface area contributed by atoms with Gasteiger partial charge in [0.25, 0.3) is 0 Å². The lowest BCUT2D eigenvalue weighted by Crippen LogP contribution is -2.21. The van der Waals surface area contributed by atoms with Gasteiger partial charge in [0.2, 0.25) is 0 Å². The molecule has 0 fully saturated rings. The van der Waals surface area contributed by atoms with E-state index in [0.717, 1.165) is 12.2 Å². The average Bonchev–Trinajstić information content (AvgIpc) is 3.31. The Kier molecular flexibility index (Phi) is 10.5. The minimum absolute atomic E-state index is 0.258. The van der Waals surface area contributed by atoms with E-state index in [0.29, 0.717) is 5.04 Å². The molecule has 3 rings (SSSR count). The van der Waals surface area contributed by atoms with Crippen molar-refractivity contribution in [2.75, 3.05) is 0 Å². The second-order valence-electron chi connectivity index (χ2n) is 10.6. The number of thiophene rings is 1. The third-order valence-electron chi connectivity index (χ3n) is 6.69. The molecule has 3 heteroatoms. The second kappa shape index (κ2) is 13.3. The lowest BCUT2D eigenvalue weighted by atomic mass is 9.96. The van der Waals surface area contributed by atoms with Crippen molar-refractivity contribution in [3.05, 3.63) is 66.2 Å². The van der Waals surface area contributed by atoms with Crippen LogP contribution in [0.5, 0.6) is 5.75 Å². The number of hydrogen-bond acceptors (Lipinski definition) is 2. The highest BCUT2D eigenvalue weighted by Gasteiger charge is 2.21. The molecule has 0 bridgehead atoms. The predicted molar refractivity (Wildman–Crippen MR) is 156 cm³/mol. The lowest BCUT2D eigenvalue weighted by Gasteiger charge is -2.28. The van der Waals surface area contributed by atoms with Gasteiger partial charge in [-0.1, -0.05) is 83.6 Å². The van der Waals surface area contributed by atoms with E-state index >= 15 is 0 Å². The Morgan fingerprint density at radius 3 is 1.97 bits per heavy atom. The highest BCUT2D eigenvalue weighted by atomic mass is 32.1. The monoisotopic (exact) mass is 492 g/mol. The number of hydrogen-bond donors (Lipinski definition) is 0. The average molecular weight is 493 g/mol. The van der Waals surface area contributed by atoms with Crippen LogP contribution in [0.3, 0.4) is 0 Å². The van der Waals surface area contributed by atoms with Crippen LogP contribution in [0, 0.1) is 0 Å². The Balaban J connectivity index is 1.56. The number of benzene rings is 2. The van der Waals surface area contributed by atoms with Crippen LogP contribution in [-0.2, 0) is 6.42 Å². The highest BCUT2D eigenvalue weighted by Crippen LogP contribution is 2.37. The number of aryl methyl sites for hydroxylation is 1. The first kappa shape index (κ1) is 26.8. The van der Waals surface area contributed by atoms with Gasteiger partial charge in [0.05, 0.1) is 6.10 Å². The Bertz CT molecular complexity index is 971. The maximum absolute atomic E-state index is 6.27. The van der Waals surface area contributed by atoms with Crippen molar-refractivity contribution in [3.63, 3.8) is 0 Å². The zero-order valence-electron chi connectivity index (χ0n) is 22.0. The zero-order chi connectivity index (χ0) is 24.4. The molecule has 0 N–H and O–H groups in total. The van der Waals surface area contributed by atoms with Crippen LogP contribution < -0.4 is 4.74 Å². The molecule has 0 saturated heterocycles. The van der Waals surface area contributed by atoms with Gasteiger partial charge in [-0.3, -0.25) is 0 Å². The highest BCUT2D eigenvalue weighted by molar-refractivity contribution is 7.18. The summed E-state index contributed by atoms with van der Waals surface area (Å²) in [5.41, 5.74) is 4.04. The summed E-state index contributed by atoms with van der Waals surface area (Å²) in [5, 5.41) is 0.468. The first-order valence-corrected chi connectivity index (χ1v) is 15.2. The molecule has 1 aromatic heterocycles. The van der Waals surface area contributed by atoms with Crippen molar-refractivity contribution in [1.29, 1.82) is 0 Å². The van der Waals surface area contributed by atoms with Gasteiger partial charge in [0.1, 0.15) is 5.75 Å². The molecule has 184 valence electrons. The van der Waals surface area contributed by atoms with E-state index in [2.05, 4.69) is 88.4 Å². The molecule has 0 aliphatic rings. The Morgan fingerprint density at radius 2 is 1.38 bits per heavy atom. The van der Waals surface area contributed by atoms with Crippen LogP contribution in [0.15, 0.2) is 60.7 Å². The van der Waals surface area contributed by atoms with Gasteiger partial charge in [-0.05, 0) is 84.3 Å². The van der Waals surface area contributed by atoms with Crippen LogP contribution in [0.25, 0.3) is 20.9 Å². The number of unbranched alkanes of at least 4 members (excludes halogenated alkanes) is 4. The van der Waals surface area contributed by atoms with E-state index in [9.17, 15) is 0 Å². The van der Waals surface area contributed by atoms with Crippen molar-refractivity contribution in [2.45, 2.75) is 96.6 Å². The Labute approximate surface area is 215 Å². The first-order chi connectivity index (χ1) is 16.4. The molecule has 2 aromatic carbocycles. The van der Waals surface area contributed by atoms with Crippen molar-refractivity contribution in [1.82, 2.24) is 0 Å². The molecule has 0 radical (unpaired) electrons. The number of ether oxygens (including phenoxy) is 1. The minimum atomic E-state index is 0.258. The summed E-state index contributed by atoms with van der Waals surface area (Å²) in [6, 6.07) is 22.4. The summed E-state index contributed by atoms with van der Waals surface area (Å²) in [6.07, 6.45) is 11.8. The lowest BCUT2D eigenvalue weighted by molar-refractivity contribution is 0.190. The van der Waals surface area contributed by atoms with Crippen molar-refractivity contribution < 1.29 is 4.74 Å². The maximum Gasteiger partial charge on any atom is 0.119 e. The van der Waals surface area contributed by atoms with Gasteiger partial charge in [0.15, 0.2) is 0 Å². The molecule has 34 heavy (non-hydrogen) atoms. The molecular weight excluding hydrogens is 448 g/mol. The van der Waals surface area contributed by atoms with Crippen LogP contribution in [0.1, 0.15) is 84.6 Å². The quantitative estimate of drug-likeness (QED) is 0.161. The fourth-order valence-electron chi connectivity index (χ4n) is 4.75. The van der Waals surface area contributed by atoms with Crippen LogP contribution in [0.4, 0.5) is 0 Å². The van der Waals surface area contributed by atoms with Gasteiger partial charge < -0.3 is 4.74 Å². The summed E-state index contributed by atoms with van der Waals surface area (Å²) in [7, 11) is 1.22. The summed E-state index contributed by atoms with van der Waals surface area (Å²) >= 11 is 1.87. The van der Waals surface area contributed by atoms with Crippen molar-refractivity contribution in [3.8, 4) is 26.6 Å². The molecule has 1 heterocycles. The van der Waals surface area contributed by atoms with E-state index in [1.165, 1.54) is 88.1 Å². The van der Waals surface area contributed by atoms with E-state index in [4.69, 9.17) is 4.74 Å². The van der Waals surface area contributed by atoms with Crippen LogP contribution >= 0.6 is 11.3 Å². The largest absolute Gasteiger partial charge is 0.491 e. The molecule has 2 unspecified atom stereocenters. The Morgan fingerprint density at radius 1 is 0.794 bits per heavy atom. The van der Waals surface area contributed by atoms with Crippen molar-refractivity contribution >= 4 is 21.6 Å². The van der Waals surface area contributed by atoms with Gasteiger partial charge in [-0.2, -0.15) is 0 Å². The SMILES string of the molecule is CCCCCCc1ccc(-c2ccc(-c3ccc(OC(C)CC(C)([SiH3])CCCC)cc3)s2)cc1. The minimum Gasteiger partial charge on any atom is -0.491 e. The fraction of sp³-hybridized carbons (Fsp3) is 0.484. The molecule has 0 aliphatic heterocycles. The van der Waals surface area contributed by atoms with Gasteiger partial charge >= 0.3 is 0 Å². The first-order valence-electron chi connectivity index (χ1n) is 13.4. The molecule has 2 atom stereocenters. The summed E-state index contributed by atoms with van der Waals surface area (Å²) in [4.78, 5) is 2.64. The fourth-order valence-corrected chi connectivity index (χ4v) is 6.69. The normalized spacial score (nSPS) is 14.1. The maximum atomic E-state index is 6.27. The van der Waals surface area contributed by atoms with Gasteiger partial charge in [0, 0.05) is 20.0 Å². The van der Waals surface area contributed by atoms with E-state index in [1.54, 1.807) is 0 Å². The number of rotatable bonds is 14. The van der Waals surface area contributed by atoms with E-state index in [1.807, 2.05) is 11.3 Å². The predicted octanol–water partition coefficient (Wildman–Crippen LogP) is 9.10. The molecule has 0 aliphatic carbocycles. The van der Waals surface area contributed by atoms with Gasteiger partial charge in [-0.25, -0.2) is 0 Å². The smallest absolute Gasteiger partial charge is 0.119 e. The second-order valence-corrected chi connectivity index (χ2v) is 14.1. The molecule has 0 saturated carbocycles. The third kappa shape index (κ3) is 8.43. The van der Waals surface area contributed by atoms with Crippen LogP contribution in [0.2, 0.25) is 5.04 Å². The molecule has 0 amide bonds. The van der Waals surface area contributed by atoms with Gasteiger partial charge in [-0.15, -0.1) is 11.3 Å². The summed E-state index contributed by atoms with van der Waals surface area (Å²) < 4.78 is 6.27. The van der Waals surface area contributed by atoms with E-state index in [-0.39, 0.29) is 6.10 Å². The molecular formula is C31H44OSSi. The van der Waals surface area contributed by atoms with Crippen molar-refractivity contribution in [2.24, 2.45) is 0 Å². The standard InChI is InChI=1S/C31H44OSSi/c1-5-7-9-10-11-25-12-14-26(15-13-25)29-20-21-30(33-29)27-16-18-28(19-17-27)32-24(3)23-31(4,34)22-8-6-2/h12-21,24H,5-11,22-23H2,1-4,34H3. The molecule has 0 spiro atoms. The van der Waals surface area contributed by atoms with E-state index < -0.39 is 0 Å².